The Morgan fingerprint density at radius 2 is 2.29 bits per heavy atom. The van der Waals surface area contributed by atoms with Gasteiger partial charge in [0.1, 0.15) is 0 Å². The molecule has 1 rings (SSSR count). The van der Waals surface area contributed by atoms with Crippen molar-refractivity contribution in [3.63, 3.8) is 0 Å². The van der Waals surface area contributed by atoms with Crippen molar-refractivity contribution in [1.82, 2.24) is 9.57 Å². The Morgan fingerprint density at radius 1 is 1.64 bits per heavy atom. The summed E-state index contributed by atoms with van der Waals surface area (Å²) in [5, 5.41) is 0. The fourth-order valence-corrected chi connectivity index (χ4v) is 2.90. The van der Waals surface area contributed by atoms with Crippen LogP contribution in [-0.2, 0) is 0 Å². The van der Waals surface area contributed by atoms with E-state index in [-0.39, 0.29) is 0 Å². The lowest BCUT2D eigenvalue weighted by atomic mass is 9.93. The number of allylic oxidation sites excluding steroid dienone is 1. The standard InChI is InChI=1S/C11H23N2P/c1-5-13(9(2)3)11-6-7-12(14)8-10(11)4/h10-11H,2,5-8,14H2,1,3-4H3. The highest BCUT2D eigenvalue weighted by Gasteiger charge is 2.28. The van der Waals surface area contributed by atoms with Gasteiger partial charge in [0, 0.05) is 31.4 Å². The van der Waals surface area contributed by atoms with Crippen molar-refractivity contribution >= 4 is 9.39 Å². The van der Waals surface area contributed by atoms with Crippen molar-refractivity contribution in [2.24, 2.45) is 5.92 Å². The van der Waals surface area contributed by atoms with Crippen molar-refractivity contribution in [2.75, 3.05) is 19.6 Å². The second-order valence-corrected chi connectivity index (χ2v) is 5.08. The second-order valence-electron chi connectivity index (χ2n) is 4.35. The van der Waals surface area contributed by atoms with E-state index in [0.717, 1.165) is 12.5 Å². The molecule has 0 spiro atoms. The van der Waals surface area contributed by atoms with Gasteiger partial charge < -0.3 is 4.90 Å². The average molecular weight is 214 g/mol. The first-order valence-corrected chi connectivity index (χ1v) is 5.99. The van der Waals surface area contributed by atoms with Crippen molar-refractivity contribution < 1.29 is 0 Å². The van der Waals surface area contributed by atoms with E-state index in [1.165, 1.54) is 25.2 Å². The molecule has 1 saturated heterocycles. The molecule has 1 aliphatic heterocycles. The third-order valence-electron chi connectivity index (χ3n) is 3.12. The zero-order valence-electron chi connectivity index (χ0n) is 9.66. The molecule has 0 aromatic carbocycles. The summed E-state index contributed by atoms with van der Waals surface area (Å²) in [5.41, 5.74) is 1.21. The van der Waals surface area contributed by atoms with E-state index >= 15 is 0 Å². The quantitative estimate of drug-likeness (QED) is 0.665. The summed E-state index contributed by atoms with van der Waals surface area (Å²) in [7, 11) is 2.81. The van der Waals surface area contributed by atoms with Crippen LogP contribution >= 0.6 is 9.39 Å². The first-order chi connectivity index (χ1) is 6.56. The van der Waals surface area contributed by atoms with Crippen molar-refractivity contribution in [1.29, 1.82) is 0 Å². The molecule has 0 aromatic rings. The average Bonchev–Trinajstić information content (AvgIpc) is 2.09. The van der Waals surface area contributed by atoms with Crippen molar-refractivity contribution in [3.8, 4) is 0 Å². The highest BCUT2D eigenvalue weighted by atomic mass is 31.0. The van der Waals surface area contributed by atoms with Crippen molar-refractivity contribution in [2.45, 2.75) is 33.2 Å². The molecule has 0 amide bonds. The molecule has 1 fully saturated rings. The summed E-state index contributed by atoms with van der Waals surface area (Å²) in [6.07, 6.45) is 1.26. The van der Waals surface area contributed by atoms with Crippen LogP contribution in [0.25, 0.3) is 0 Å². The van der Waals surface area contributed by atoms with Gasteiger partial charge in [-0.1, -0.05) is 22.9 Å². The van der Waals surface area contributed by atoms with Gasteiger partial charge in [0.2, 0.25) is 0 Å². The smallest absolute Gasteiger partial charge is 0.0336 e. The Hall–Kier alpha value is -0.0700. The third kappa shape index (κ3) is 2.71. The molecule has 82 valence electrons. The Bertz CT molecular complexity index is 205. The summed E-state index contributed by atoms with van der Waals surface area (Å²) < 4.78 is 2.34. The number of nitrogens with zero attached hydrogens (tertiary/aromatic N) is 2. The van der Waals surface area contributed by atoms with Crippen molar-refractivity contribution in [3.05, 3.63) is 12.3 Å². The van der Waals surface area contributed by atoms with Crippen LogP contribution in [0.5, 0.6) is 0 Å². The highest BCUT2D eigenvalue weighted by molar-refractivity contribution is 7.13. The van der Waals surface area contributed by atoms with Gasteiger partial charge in [0.15, 0.2) is 0 Å². The molecule has 14 heavy (non-hydrogen) atoms. The molecule has 0 aromatic heterocycles. The number of hydrogen-bond donors (Lipinski definition) is 0. The lowest BCUT2D eigenvalue weighted by Gasteiger charge is -2.42. The molecule has 3 atom stereocenters. The Labute approximate surface area is 90.6 Å². The largest absolute Gasteiger partial charge is 0.372 e. The van der Waals surface area contributed by atoms with Crippen LogP contribution in [-0.4, -0.2) is 35.2 Å². The van der Waals surface area contributed by atoms with Crippen LogP contribution in [0.4, 0.5) is 0 Å². The summed E-state index contributed by atoms with van der Waals surface area (Å²) in [6.45, 7) is 14.2. The van der Waals surface area contributed by atoms with Gasteiger partial charge in [-0.25, -0.2) is 0 Å². The molecule has 0 N–H and O–H groups in total. The molecular weight excluding hydrogens is 191 g/mol. The fraction of sp³-hybridized carbons (Fsp3) is 0.818. The molecule has 0 bridgehead atoms. The van der Waals surface area contributed by atoms with Crippen LogP contribution in [0.15, 0.2) is 12.3 Å². The van der Waals surface area contributed by atoms with Gasteiger partial charge in [-0.2, -0.15) is 0 Å². The van der Waals surface area contributed by atoms with Gasteiger partial charge in [0.05, 0.1) is 0 Å². The summed E-state index contributed by atoms with van der Waals surface area (Å²) >= 11 is 0. The van der Waals surface area contributed by atoms with Gasteiger partial charge in [-0.15, -0.1) is 0 Å². The third-order valence-corrected chi connectivity index (χ3v) is 3.59. The van der Waals surface area contributed by atoms with E-state index in [9.17, 15) is 0 Å². The normalized spacial score (nSPS) is 28.9. The second kappa shape index (κ2) is 5.14. The monoisotopic (exact) mass is 214 g/mol. The molecule has 3 heteroatoms. The van der Waals surface area contributed by atoms with E-state index in [2.05, 4.69) is 46.3 Å². The fourth-order valence-electron chi connectivity index (χ4n) is 2.42. The zero-order chi connectivity index (χ0) is 10.7. The predicted octanol–water partition coefficient (Wildman–Crippen LogP) is 2.34. The topological polar surface area (TPSA) is 6.48 Å². The molecule has 1 aliphatic rings. The van der Waals surface area contributed by atoms with E-state index in [1.807, 2.05) is 0 Å². The highest BCUT2D eigenvalue weighted by Crippen LogP contribution is 2.25. The van der Waals surface area contributed by atoms with Crippen LogP contribution in [0.3, 0.4) is 0 Å². The van der Waals surface area contributed by atoms with Gasteiger partial charge in [-0.05, 0) is 26.2 Å². The molecule has 1 heterocycles. The van der Waals surface area contributed by atoms with Crippen LogP contribution in [0.2, 0.25) is 0 Å². The first kappa shape index (κ1) is 12.0. The molecule has 0 saturated carbocycles. The molecule has 3 unspecified atom stereocenters. The van der Waals surface area contributed by atoms with E-state index in [4.69, 9.17) is 0 Å². The number of piperidine rings is 1. The first-order valence-electron chi connectivity index (χ1n) is 5.48. The summed E-state index contributed by atoms with van der Waals surface area (Å²) in [6, 6.07) is 0.689. The zero-order valence-corrected chi connectivity index (χ0v) is 10.8. The minimum Gasteiger partial charge on any atom is -0.372 e. The van der Waals surface area contributed by atoms with E-state index in [0.29, 0.717) is 6.04 Å². The van der Waals surface area contributed by atoms with Crippen LogP contribution in [0.1, 0.15) is 27.2 Å². The Balaban J connectivity index is 2.62. The predicted molar refractivity (Wildman–Crippen MR) is 66.0 cm³/mol. The Morgan fingerprint density at radius 3 is 2.71 bits per heavy atom. The van der Waals surface area contributed by atoms with Crippen LogP contribution < -0.4 is 0 Å². The molecular formula is C11H23N2P. The van der Waals surface area contributed by atoms with Gasteiger partial charge in [0.25, 0.3) is 0 Å². The van der Waals surface area contributed by atoms with E-state index < -0.39 is 0 Å². The maximum Gasteiger partial charge on any atom is 0.0336 e. The maximum absolute atomic E-state index is 4.06. The maximum atomic E-state index is 4.06. The molecule has 2 nitrogen and oxygen atoms in total. The SMILES string of the molecule is C=C(C)N(CC)C1CCN(P)CC1C. The summed E-state index contributed by atoms with van der Waals surface area (Å²) in [5.74, 6) is 0.734. The molecule has 0 radical (unpaired) electrons. The van der Waals surface area contributed by atoms with Gasteiger partial charge >= 0.3 is 0 Å². The van der Waals surface area contributed by atoms with E-state index in [1.54, 1.807) is 0 Å². The van der Waals surface area contributed by atoms with Crippen LogP contribution in [0, 0.1) is 5.92 Å². The number of rotatable bonds is 3. The lowest BCUT2D eigenvalue weighted by molar-refractivity contribution is 0.132. The lowest BCUT2D eigenvalue weighted by Crippen LogP contribution is -2.46. The minimum atomic E-state index is 0.689. The molecule has 0 aliphatic carbocycles. The van der Waals surface area contributed by atoms with Gasteiger partial charge in [-0.3, -0.25) is 4.67 Å². The minimum absolute atomic E-state index is 0.689. The Kier molecular flexibility index (Phi) is 4.40. The number of hydrogen-bond acceptors (Lipinski definition) is 2. The summed E-state index contributed by atoms with van der Waals surface area (Å²) in [4.78, 5) is 2.45.